The lowest BCUT2D eigenvalue weighted by Crippen LogP contribution is -2.52. The van der Waals surface area contributed by atoms with E-state index in [1.807, 2.05) is 0 Å². The molecule has 0 saturated carbocycles. The average molecular weight is 296 g/mol. The third-order valence-corrected chi connectivity index (χ3v) is 2.94. The SMILES string of the molecule is CC(C)(C)OC(=O)N1CC(F)CC1(C)C(=O)OCCl. The Hall–Kier alpha value is -1.04. The van der Waals surface area contributed by atoms with Crippen molar-refractivity contribution in [2.45, 2.75) is 51.4 Å². The fourth-order valence-corrected chi connectivity index (χ4v) is 2.10. The number of hydrogen-bond donors (Lipinski definition) is 0. The number of alkyl halides is 2. The van der Waals surface area contributed by atoms with Crippen LogP contribution >= 0.6 is 11.6 Å². The van der Waals surface area contributed by atoms with E-state index in [0.717, 1.165) is 4.90 Å². The van der Waals surface area contributed by atoms with Gasteiger partial charge in [0.05, 0.1) is 6.54 Å². The Morgan fingerprint density at radius 2 is 2.05 bits per heavy atom. The molecule has 1 aliphatic heterocycles. The molecule has 0 aromatic carbocycles. The van der Waals surface area contributed by atoms with E-state index in [0.29, 0.717) is 0 Å². The summed E-state index contributed by atoms with van der Waals surface area (Å²) < 4.78 is 23.4. The predicted molar refractivity (Wildman–Crippen MR) is 67.7 cm³/mol. The van der Waals surface area contributed by atoms with Gasteiger partial charge < -0.3 is 9.47 Å². The van der Waals surface area contributed by atoms with Gasteiger partial charge in [0, 0.05) is 6.42 Å². The third kappa shape index (κ3) is 3.72. The Morgan fingerprint density at radius 3 is 2.53 bits per heavy atom. The van der Waals surface area contributed by atoms with Crippen LogP contribution in [-0.2, 0) is 14.3 Å². The van der Waals surface area contributed by atoms with Gasteiger partial charge in [-0.1, -0.05) is 11.6 Å². The van der Waals surface area contributed by atoms with E-state index in [1.54, 1.807) is 20.8 Å². The molecule has 1 aliphatic rings. The summed E-state index contributed by atoms with van der Waals surface area (Å²) in [5.74, 6) is -0.728. The van der Waals surface area contributed by atoms with Crippen molar-refractivity contribution in [3.05, 3.63) is 0 Å². The van der Waals surface area contributed by atoms with Crippen LogP contribution in [0.3, 0.4) is 0 Å². The number of carbonyl (C=O) groups excluding carboxylic acids is 2. The molecule has 0 aromatic heterocycles. The maximum Gasteiger partial charge on any atom is 0.411 e. The highest BCUT2D eigenvalue weighted by molar-refractivity contribution is 6.17. The predicted octanol–water partition coefficient (Wildman–Crippen LogP) is 2.46. The number of carbonyl (C=O) groups is 2. The summed E-state index contributed by atoms with van der Waals surface area (Å²) in [6, 6.07) is -0.340. The first kappa shape index (κ1) is 16.0. The number of esters is 1. The summed E-state index contributed by atoms with van der Waals surface area (Å²) in [7, 11) is 0. The van der Waals surface area contributed by atoms with Crippen LogP contribution in [0.1, 0.15) is 34.1 Å². The second kappa shape index (κ2) is 5.53. The van der Waals surface area contributed by atoms with Gasteiger partial charge >= 0.3 is 12.1 Å². The van der Waals surface area contributed by atoms with Gasteiger partial charge in [-0.3, -0.25) is 4.90 Å². The molecule has 2 unspecified atom stereocenters. The minimum Gasteiger partial charge on any atom is -0.448 e. The van der Waals surface area contributed by atoms with Gasteiger partial charge in [0.15, 0.2) is 6.07 Å². The summed E-state index contributed by atoms with van der Waals surface area (Å²) in [6.45, 7) is 6.35. The molecule has 2 atom stereocenters. The number of amides is 1. The quantitative estimate of drug-likeness (QED) is 0.580. The lowest BCUT2D eigenvalue weighted by atomic mass is 9.99. The molecule has 0 N–H and O–H groups in total. The highest BCUT2D eigenvalue weighted by Gasteiger charge is 2.52. The van der Waals surface area contributed by atoms with Crippen LogP contribution in [-0.4, -0.2) is 46.9 Å². The number of hydrogen-bond acceptors (Lipinski definition) is 4. The summed E-state index contributed by atoms with van der Waals surface area (Å²) in [5.41, 5.74) is -2.10. The van der Waals surface area contributed by atoms with Crippen molar-refractivity contribution in [2.75, 3.05) is 12.6 Å². The fourth-order valence-electron chi connectivity index (χ4n) is 2.00. The van der Waals surface area contributed by atoms with E-state index in [2.05, 4.69) is 0 Å². The summed E-state index contributed by atoms with van der Waals surface area (Å²) >= 11 is 5.34. The Balaban J connectivity index is 2.91. The lowest BCUT2D eigenvalue weighted by Gasteiger charge is -2.33. The number of nitrogens with zero attached hydrogens (tertiary/aromatic N) is 1. The van der Waals surface area contributed by atoms with Crippen molar-refractivity contribution in [3.8, 4) is 0 Å². The zero-order valence-electron chi connectivity index (χ0n) is 11.5. The van der Waals surface area contributed by atoms with Crippen molar-refractivity contribution in [3.63, 3.8) is 0 Å². The molecule has 0 bridgehead atoms. The molecule has 0 aliphatic carbocycles. The van der Waals surface area contributed by atoms with Gasteiger partial charge in [0.2, 0.25) is 0 Å². The average Bonchev–Trinajstić information content (AvgIpc) is 2.53. The standard InChI is InChI=1S/C12H19ClFNO4/c1-11(2,3)19-10(17)15-6-8(14)5-12(15,4)9(16)18-7-13/h8H,5-7H2,1-4H3. The molecule has 110 valence electrons. The van der Waals surface area contributed by atoms with Crippen LogP contribution in [0.4, 0.5) is 9.18 Å². The first-order valence-electron chi connectivity index (χ1n) is 5.98. The van der Waals surface area contributed by atoms with Gasteiger partial charge in [-0.25, -0.2) is 14.0 Å². The van der Waals surface area contributed by atoms with Gasteiger partial charge in [-0.05, 0) is 27.7 Å². The highest BCUT2D eigenvalue weighted by Crippen LogP contribution is 2.33. The van der Waals surface area contributed by atoms with E-state index < -0.39 is 29.4 Å². The molecule has 19 heavy (non-hydrogen) atoms. The number of rotatable bonds is 2. The van der Waals surface area contributed by atoms with E-state index in [1.165, 1.54) is 6.92 Å². The topological polar surface area (TPSA) is 55.8 Å². The molecule has 0 spiro atoms. The Labute approximate surface area is 117 Å². The minimum atomic E-state index is -1.38. The molecule has 1 rings (SSSR count). The zero-order valence-corrected chi connectivity index (χ0v) is 12.3. The normalized spacial score (nSPS) is 27.3. The largest absolute Gasteiger partial charge is 0.448 e. The molecule has 0 radical (unpaired) electrons. The number of likely N-dealkylation sites (tertiary alicyclic amines) is 1. The number of ether oxygens (including phenoxy) is 2. The number of halogens is 2. The minimum absolute atomic E-state index is 0.123. The fraction of sp³-hybridized carbons (Fsp3) is 0.833. The van der Waals surface area contributed by atoms with Crippen molar-refractivity contribution in [1.29, 1.82) is 0 Å². The van der Waals surface area contributed by atoms with E-state index in [-0.39, 0.29) is 19.0 Å². The van der Waals surface area contributed by atoms with Gasteiger partial charge in [-0.15, -0.1) is 0 Å². The van der Waals surface area contributed by atoms with Crippen molar-refractivity contribution >= 4 is 23.7 Å². The third-order valence-electron chi connectivity index (χ3n) is 2.83. The summed E-state index contributed by atoms with van der Waals surface area (Å²) in [4.78, 5) is 25.0. The van der Waals surface area contributed by atoms with Crippen molar-refractivity contribution in [2.24, 2.45) is 0 Å². The van der Waals surface area contributed by atoms with E-state index in [9.17, 15) is 14.0 Å². The van der Waals surface area contributed by atoms with E-state index >= 15 is 0 Å². The molecule has 1 heterocycles. The van der Waals surface area contributed by atoms with Crippen molar-refractivity contribution in [1.82, 2.24) is 4.90 Å². The molecule has 1 fully saturated rings. The van der Waals surface area contributed by atoms with E-state index in [4.69, 9.17) is 21.1 Å². The monoisotopic (exact) mass is 295 g/mol. The molecular formula is C12H19ClFNO4. The van der Waals surface area contributed by atoms with Crippen LogP contribution < -0.4 is 0 Å². The zero-order chi connectivity index (χ0) is 14.8. The summed E-state index contributed by atoms with van der Waals surface area (Å²) in [5, 5.41) is 0. The van der Waals surface area contributed by atoms with Gasteiger partial charge in [0.1, 0.15) is 17.3 Å². The molecular weight excluding hydrogens is 277 g/mol. The van der Waals surface area contributed by atoms with Crippen molar-refractivity contribution < 1.29 is 23.5 Å². The molecule has 1 amide bonds. The van der Waals surface area contributed by atoms with Crippen LogP contribution in [0.25, 0.3) is 0 Å². The maximum absolute atomic E-state index is 13.6. The van der Waals surface area contributed by atoms with Gasteiger partial charge in [-0.2, -0.15) is 0 Å². The molecule has 5 nitrogen and oxygen atoms in total. The Bertz CT molecular complexity index is 371. The lowest BCUT2D eigenvalue weighted by molar-refractivity contribution is -0.153. The van der Waals surface area contributed by atoms with Crippen LogP contribution in [0.2, 0.25) is 0 Å². The molecule has 1 saturated heterocycles. The summed E-state index contributed by atoms with van der Waals surface area (Å²) in [6.07, 6.45) is -2.15. The van der Waals surface area contributed by atoms with Crippen LogP contribution in [0.15, 0.2) is 0 Å². The first-order chi connectivity index (χ1) is 8.60. The second-order valence-electron chi connectivity index (χ2n) is 5.71. The molecule has 0 aromatic rings. The van der Waals surface area contributed by atoms with Crippen LogP contribution in [0, 0.1) is 0 Å². The maximum atomic E-state index is 13.6. The van der Waals surface area contributed by atoms with Gasteiger partial charge in [0.25, 0.3) is 0 Å². The van der Waals surface area contributed by atoms with Crippen LogP contribution in [0.5, 0.6) is 0 Å². The second-order valence-corrected chi connectivity index (χ2v) is 5.93. The Morgan fingerprint density at radius 1 is 1.47 bits per heavy atom. The molecule has 7 heteroatoms. The highest BCUT2D eigenvalue weighted by atomic mass is 35.5. The first-order valence-corrected chi connectivity index (χ1v) is 6.51. The Kier molecular flexibility index (Phi) is 4.66. The smallest absolute Gasteiger partial charge is 0.411 e.